The molecule has 0 saturated heterocycles. The predicted molar refractivity (Wildman–Crippen MR) is 84.6 cm³/mol. The molecule has 23 heavy (non-hydrogen) atoms. The SMILES string of the molecule is C[C@@H](C(=O)NS(=O)(=O)Cc1cc(-c2ccccc2)no1)C1CC1. The minimum absolute atomic E-state index is 0.197. The van der Waals surface area contributed by atoms with E-state index >= 15 is 0 Å². The molecule has 122 valence electrons. The van der Waals surface area contributed by atoms with E-state index < -0.39 is 21.7 Å². The Kier molecular flexibility index (Phi) is 4.21. The summed E-state index contributed by atoms with van der Waals surface area (Å²) < 4.78 is 31.4. The maximum atomic E-state index is 12.1. The lowest BCUT2D eigenvalue weighted by Gasteiger charge is -2.10. The average Bonchev–Trinajstić information content (AvgIpc) is 3.27. The van der Waals surface area contributed by atoms with Crippen LogP contribution >= 0.6 is 0 Å². The van der Waals surface area contributed by atoms with Crippen LogP contribution in [-0.4, -0.2) is 19.5 Å². The van der Waals surface area contributed by atoms with Crippen LogP contribution in [-0.2, 0) is 20.6 Å². The minimum atomic E-state index is -3.79. The van der Waals surface area contributed by atoms with E-state index in [-0.39, 0.29) is 11.7 Å². The zero-order valence-electron chi connectivity index (χ0n) is 12.7. The van der Waals surface area contributed by atoms with Crippen LogP contribution in [0.3, 0.4) is 0 Å². The second-order valence-corrected chi connectivity index (χ2v) is 7.62. The molecule has 2 aromatic rings. The summed E-state index contributed by atoms with van der Waals surface area (Å²) in [4.78, 5) is 11.9. The largest absolute Gasteiger partial charge is 0.360 e. The Morgan fingerprint density at radius 3 is 2.70 bits per heavy atom. The first-order chi connectivity index (χ1) is 10.9. The topological polar surface area (TPSA) is 89.3 Å². The van der Waals surface area contributed by atoms with Crippen molar-refractivity contribution in [2.45, 2.75) is 25.5 Å². The van der Waals surface area contributed by atoms with E-state index in [1.165, 1.54) is 0 Å². The van der Waals surface area contributed by atoms with Crippen molar-refractivity contribution in [1.29, 1.82) is 0 Å². The molecule has 0 radical (unpaired) electrons. The van der Waals surface area contributed by atoms with Gasteiger partial charge < -0.3 is 4.52 Å². The number of benzene rings is 1. The summed E-state index contributed by atoms with van der Waals surface area (Å²) >= 11 is 0. The Balaban J connectivity index is 1.66. The predicted octanol–water partition coefficient (Wildman–Crippen LogP) is 2.33. The zero-order chi connectivity index (χ0) is 16.4. The van der Waals surface area contributed by atoms with Gasteiger partial charge in [0.25, 0.3) is 0 Å². The minimum Gasteiger partial charge on any atom is -0.360 e. The highest BCUT2D eigenvalue weighted by molar-refractivity contribution is 7.89. The molecule has 0 spiro atoms. The zero-order valence-corrected chi connectivity index (χ0v) is 13.5. The lowest BCUT2D eigenvalue weighted by atomic mass is 10.1. The first-order valence-corrected chi connectivity index (χ1v) is 9.15. The molecule has 1 aromatic carbocycles. The molecule has 1 saturated carbocycles. The molecule has 1 fully saturated rings. The number of hydrogen-bond donors (Lipinski definition) is 1. The van der Waals surface area contributed by atoms with Gasteiger partial charge in [-0.15, -0.1) is 0 Å². The van der Waals surface area contributed by atoms with Crippen molar-refractivity contribution in [2.24, 2.45) is 11.8 Å². The van der Waals surface area contributed by atoms with Gasteiger partial charge in [-0.2, -0.15) is 0 Å². The standard InChI is InChI=1S/C16H18N2O4S/c1-11(12-7-8-12)16(19)18-23(20,21)10-14-9-15(17-22-14)13-5-3-2-4-6-13/h2-6,9,11-12H,7-8,10H2,1H3,(H,18,19)/t11-/m1/s1. The molecule has 1 aliphatic rings. The molecule has 1 atom stereocenters. The molecule has 7 heteroatoms. The molecule has 3 rings (SSSR count). The molecule has 1 aromatic heterocycles. The van der Waals surface area contributed by atoms with Gasteiger partial charge in [0.15, 0.2) is 5.76 Å². The number of aromatic nitrogens is 1. The normalized spacial score (nSPS) is 16.0. The van der Waals surface area contributed by atoms with E-state index in [9.17, 15) is 13.2 Å². The van der Waals surface area contributed by atoms with Crippen molar-refractivity contribution in [3.63, 3.8) is 0 Å². The molecule has 1 aliphatic carbocycles. The van der Waals surface area contributed by atoms with Gasteiger partial charge in [0, 0.05) is 17.5 Å². The third-order valence-electron chi connectivity index (χ3n) is 3.96. The van der Waals surface area contributed by atoms with E-state index in [4.69, 9.17) is 4.52 Å². The fourth-order valence-corrected chi connectivity index (χ4v) is 3.48. The Bertz CT molecular complexity index is 794. The van der Waals surface area contributed by atoms with Crippen LogP contribution in [0.15, 0.2) is 40.9 Å². The van der Waals surface area contributed by atoms with Gasteiger partial charge in [-0.25, -0.2) is 8.42 Å². The summed E-state index contributed by atoms with van der Waals surface area (Å²) in [5.41, 5.74) is 1.40. The Morgan fingerprint density at radius 1 is 1.35 bits per heavy atom. The van der Waals surface area contributed by atoms with Gasteiger partial charge in [0.2, 0.25) is 15.9 Å². The molecule has 0 bridgehead atoms. The molecule has 1 heterocycles. The third-order valence-corrected chi connectivity index (χ3v) is 5.14. The summed E-state index contributed by atoms with van der Waals surface area (Å²) in [6.07, 6.45) is 1.97. The molecular formula is C16H18N2O4S. The lowest BCUT2D eigenvalue weighted by molar-refractivity contribution is -0.123. The quantitative estimate of drug-likeness (QED) is 0.876. The number of carbonyl (C=O) groups excluding carboxylic acids is 1. The molecule has 1 N–H and O–H groups in total. The van der Waals surface area contributed by atoms with Gasteiger partial charge >= 0.3 is 0 Å². The molecule has 0 aliphatic heterocycles. The van der Waals surface area contributed by atoms with Gasteiger partial charge in [-0.3, -0.25) is 9.52 Å². The second kappa shape index (κ2) is 6.16. The van der Waals surface area contributed by atoms with Gasteiger partial charge in [0.1, 0.15) is 11.4 Å². The maximum absolute atomic E-state index is 12.1. The highest BCUT2D eigenvalue weighted by atomic mass is 32.2. The highest BCUT2D eigenvalue weighted by Gasteiger charge is 2.34. The fraction of sp³-hybridized carbons (Fsp3) is 0.375. The van der Waals surface area contributed by atoms with Crippen molar-refractivity contribution in [2.75, 3.05) is 0 Å². The lowest BCUT2D eigenvalue weighted by Crippen LogP contribution is -2.36. The van der Waals surface area contributed by atoms with E-state index in [0.717, 1.165) is 18.4 Å². The van der Waals surface area contributed by atoms with Gasteiger partial charge in [-0.1, -0.05) is 42.4 Å². The van der Waals surface area contributed by atoms with Crippen molar-refractivity contribution in [1.82, 2.24) is 9.88 Å². The summed E-state index contributed by atoms with van der Waals surface area (Å²) in [5, 5.41) is 3.87. The van der Waals surface area contributed by atoms with Crippen molar-refractivity contribution >= 4 is 15.9 Å². The van der Waals surface area contributed by atoms with E-state index in [2.05, 4.69) is 9.88 Å². The number of rotatable bonds is 6. The summed E-state index contributed by atoms with van der Waals surface area (Å²) in [6.45, 7) is 1.75. The third kappa shape index (κ3) is 3.98. The summed E-state index contributed by atoms with van der Waals surface area (Å²) in [6, 6.07) is 10.9. The first-order valence-electron chi connectivity index (χ1n) is 7.50. The maximum Gasteiger partial charge on any atom is 0.242 e. The fourth-order valence-electron chi connectivity index (χ4n) is 2.41. The molecule has 1 amide bonds. The molecular weight excluding hydrogens is 316 g/mol. The number of nitrogens with zero attached hydrogens (tertiary/aromatic N) is 1. The van der Waals surface area contributed by atoms with E-state index in [1.54, 1.807) is 13.0 Å². The number of amides is 1. The number of carbonyl (C=O) groups is 1. The number of hydrogen-bond acceptors (Lipinski definition) is 5. The van der Waals surface area contributed by atoms with Crippen LogP contribution in [0.25, 0.3) is 11.3 Å². The average molecular weight is 334 g/mol. The molecule has 0 unspecified atom stereocenters. The summed E-state index contributed by atoms with van der Waals surface area (Å²) in [7, 11) is -3.79. The van der Waals surface area contributed by atoms with Gasteiger partial charge in [0.05, 0.1) is 0 Å². The van der Waals surface area contributed by atoms with Crippen LogP contribution in [0.4, 0.5) is 0 Å². The first kappa shape index (κ1) is 15.7. The Morgan fingerprint density at radius 2 is 2.04 bits per heavy atom. The molecule has 6 nitrogen and oxygen atoms in total. The number of sulfonamides is 1. The van der Waals surface area contributed by atoms with Crippen molar-refractivity contribution in [3.05, 3.63) is 42.2 Å². The smallest absolute Gasteiger partial charge is 0.242 e. The second-order valence-electron chi connectivity index (χ2n) is 5.90. The Hall–Kier alpha value is -2.15. The van der Waals surface area contributed by atoms with Crippen LogP contribution in [0.2, 0.25) is 0 Å². The summed E-state index contributed by atoms with van der Waals surface area (Å²) in [5.74, 6) is -0.631. The number of nitrogens with one attached hydrogen (secondary N) is 1. The van der Waals surface area contributed by atoms with Crippen LogP contribution in [0.5, 0.6) is 0 Å². The van der Waals surface area contributed by atoms with E-state index in [0.29, 0.717) is 11.6 Å². The van der Waals surface area contributed by atoms with Crippen LogP contribution in [0, 0.1) is 11.8 Å². The Labute approximate surface area is 134 Å². The van der Waals surface area contributed by atoms with Gasteiger partial charge in [-0.05, 0) is 18.8 Å². The van der Waals surface area contributed by atoms with E-state index in [1.807, 2.05) is 30.3 Å². The van der Waals surface area contributed by atoms with Crippen molar-refractivity contribution in [3.8, 4) is 11.3 Å². The van der Waals surface area contributed by atoms with Crippen molar-refractivity contribution < 1.29 is 17.7 Å². The van der Waals surface area contributed by atoms with Crippen LogP contribution < -0.4 is 4.72 Å². The highest BCUT2D eigenvalue weighted by Crippen LogP contribution is 2.36. The monoisotopic (exact) mass is 334 g/mol. The van der Waals surface area contributed by atoms with Crippen LogP contribution in [0.1, 0.15) is 25.5 Å².